The number of hydrogen-bond acceptors (Lipinski definition) is 5. The summed E-state index contributed by atoms with van der Waals surface area (Å²) in [5, 5.41) is 0. The number of methoxy groups -OCH3 is 1. The van der Waals surface area contributed by atoms with Crippen LogP contribution in [0.4, 0.5) is 10.1 Å². The molecular formula is C13H19FN2O4S. The lowest BCUT2D eigenvalue weighted by molar-refractivity contribution is -0.141. The maximum atomic E-state index is 13.5. The van der Waals surface area contributed by atoms with Gasteiger partial charge < -0.3 is 10.5 Å². The molecular weight excluding hydrogens is 299 g/mol. The van der Waals surface area contributed by atoms with Crippen LogP contribution in [0.25, 0.3) is 0 Å². The molecule has 1 rings (SSSR count). The van der Waals surface area contributed by atoms with Gasteiger partial charge in [0.05, 0.1) is 17.7 Å². The van der Waals surface area contributed by atoms with Crippen LogP contribution in [-0.2, 0) is 19.6 Å². The minimum absolute atomic E-state index is 0.121. The van der Waals surface area contributed by atoms with E-state index in [-0.39, 0.29) is 16.1 Å². The van der Waals surface area contributed by atoms with Crippen LogP contribution >= 0.6 is 0 Å². The smallest absolute Gasteiger partial charge is 0.321 e. The van der Waals surface area contributed by atoms with Crippen LogP contribution in [0, 0.1) is 12.7 Å². The number of benzene rings is 1. The first kappa shape index (κ1) is 17.4. The molecule has 0 amide bonds. The van der Waals surface area contributed by atoms with E-state index in [2.05, 4.69) is 4.74 Å². The molecule has 0 aliphatic rings. The van der Waals surface area contributed by atoms with Crippen molar-refractivity contribution in [2.75, 3.05) is 19.4 Å². The normalized spacial score (nSPS) is 12.0. The number of esters is 1. The molecule has 0 spiro atoms. The van der Waals surface area contributed by atoms with E-state index in [1.807, 2.05) is 0 Å². The zero-order valence-electron chi connectivity index (χ0n) is 12.4. The highest BCUT2D eigenvalue weighted by Gasteiger charge is 2.30. The maximum absolute atomic E-state index is 13.5. The first-order valence-electron chi connectivity index (χ1n) is 6.25. The third-order valence-electron chi connectivity index (χ3n) is 2.95. The highest BCUT2D eigenvalue weighted by molar-refractivity contribution is 7.89. The second-order valence-corrected chi connectivity index (χ2v) is 6.75. The van der Waals surface area contributed by atoms with E-state index in [0.717, 1.165) is 10.4 Å². The zero-order chi connectivity index (χ0) is 16.4. The molecule has 0 heterocycles. The molecule has 0 saturated heterocycles. The molecule has 0 aliphatic heterocycles. The van der Waals surface area contributed by atoms with Gasteiger partial charge in [-0.25, -0.2) is 12.8 Å². The van der Waals surface area contributed by atoms with E-state index in [1.165, 1.54) is 20.1 Å². The monoisotopic (exact) mass is 318 g/mol. The van der Waals surface area contributed by atoms with Gasteiger partial charge >= 0.3 is 5.97 Å². The average Bonchev–Trinajstić information content (AvgIpc) is 2.40. The van der Waals surface area contributed by atoms with E-state index in [1.54, 1.807) is 13.8 Å². The Bertz CT molecular complexity index is 621. The summed E-state index contributed by atoms with van der Waals surface area (Å²) in [4.78, 5) is 11.2. The number of halogens is 1. The van der Waals surface area contributed by atoms with Crippen molar-refractivity contribution in [2.24, 2.45) is 0 Å². The van der Waals surface area contributed by atoms with Gasteiger partial charge in [-0.1, -0.05) is 0 Å². The van der Waals surface area contributed by atoms with E-state index in [0.29, 0.717) is 0 Å². The zero-order valence-corrected chi connectivity index (χ0v) is 13.2. The Balaban J connectivity index is 3.33. The van der Waals surface area contributed by atoms with E-state index >= 15 is 0 Å². The Morgan fingerprint density at radius 1 is 1.43 bits per heavy atom. The molecule has 0 bridgehead atoms. The van der Waals surface area contributed by atoms with Crippen molar-refractivity contribution in [3.8, 4) is 0 Å². The predicted octanol–water partition coefficient (Wildman–Crippen LogP) is 1.29. The van der Waals surface area contributed by atoms with E-state index in [4.69, 9.17) is 5.73 Å². The van der Waals surface area contributed by atoms with Crippen molar-refractivity contribution in [1.29, 1.82) is 0 Å². The molecule has 0 radical (unpaired) electrons. The number of anilines is 1. The van der Waals surface area contributed by atoms with Crippen LogP contribution in [0.2, 0.25) is 0 Å². The lowest BCUT2D eigenvalue weighted by Gasteiger charge is -2.25. The molecule has 0 saturated carbocycles. The second-order valence-electron chi connectivity index (χ2n) is 4.86. The average molecular weight is 318 g/mol. The van der Waals surface area contributed by atoms with Gasteiger partial charge in [-0.05, 0) is 38.5 Å². The Hall–Kier alpha value is -1.67. The molecule has 6 nitrogen and oxygen atoms in total. The number of hydrogen-bond donors (Lipinski definition) is 1. The summed E-state index contributed by atoms with van der Waals surface area (Å²) in [6.45, 7) is 4.25. The van der Waals surface area contributed by atoms with Crippen molar-refractivity contribution in [2.45, 2.75) is 31.7 Å². The van der Waals surface area contributed by atoms with Crippen molar-refractivity contribution in [3.05, 3.63) is 23.5 Å². The summed E-state index contributed by atoms with van der Waals surface area (Å²) >= 11 is 0. The van der Waals surface area contributed by atoms with Gasteiger partial charge in [-0.3, -0.25) is 4.79 Å². The Morgan fingerprint density at radius 2 is 2.00 bits per heavy atom. The largest absolute Gasteiger partial charge is 0.468 e. The lowest BCUT2D eigenvalue weighted by Crippen LogP contribution is -2.41. The fourth-order valence-corrected chi connectivity index (χ4v) is 3.49. The first-order valence-corrected chi connectivity index (χ1v) is 7.69. The number of nitrogens with two attached hydrogens (primary N) is 1. The van der Waals surface area contributed by atoms with Crippen LogP contribution in [0.3, 0.4) is 0 Å². The fraction of sp³-hybridized carbons (Fsp3) is 0.462. The van der Waals surface area contributed by atoms with Gasteiger partial charge in [0, 0.05) is 6.04 Å². The van der Waals surface area contributed by atoms with Gasteiger partial charge in [0.1, 0.15) is 12.4 Å². The van der Waals surface area contributed by atoms with Crippen molar-refractivity contribution >= 4 is 21.7 Å². The molecule has 118 valence electrons. The highest BCUT2D eigenvalue weighted by atomic mass is 32.2. The molecule has 8 heteroatoms. The van der Waals surface area contributed by atoms with E-state index < -0.39 is 34.4 Å². The summed E-state index contributed by atoms with van der Waals surface area (Å²) in [6.07, 6.45) is 0. The molecule has 0 atom stereocenters. The topological polar surface area (TPSA) is 89.7 Å². The number of rotatable bonds is 5. The predicted molar refractivity (Wildman–Crippen MR) is 76.6 cm³/mol. The Kier molecular flexibility index (Phi) is 5.30. The van der Waals surface area contributed by atoms with Crippen LogP contribution in [0.5, 0.6) is 0 Å². The third-order valence-corrected chi connectivity index (χ3v) is 4.95. The van der Waals surface area contributed by atoms with Crippen molar-refractivity contribution in [3.63, 3.8) is 0 Å². The lowest BCUT2D eigenvalue weighted by atomic mass is 10.2. The molecule has 0 fully saturated rings. The summed E-state index contributed by atoms with van der Waals surface area (Å²) in [5.41, 5.74) is 5.34. The van der Waals surface area contributed by atoms with Crippen LogP contribution < -0.4 is 5.73 Å². The van der Waals surface area contributed by atoms with Gasteiger partial charge in [0.2, 0.25) is 10.0 Å². The summed E-state index contributed by atoms with van der Waals surface area (Å²) < 4.78 is 44.2. The van der Waals surface area contributed by atoms with Crippen molar-refractivity contribution in [1.82, 2.24) is 4.31 Å². The third kappa shape index (κ3) is 3.70. The van der Waals surface area contributed by atoms with E-state index in [9.17, 15) is 17.6 Å². The quantitative estimate of drug-likeness (QED) is 0.652. The van der Waals surface area contributed by atoms with Crippen LogP contribution in [-0.4, -0.2) is 38.4 Å². The summed E-state index contributed by atoms with van der Waals surface area (Å²) in [6, 6.07) is 1.76. The number of sulfonamides is 1. The molecule has 0 aromatic heterocycles. The minimum atomic E-state index is -3.98. The summed E-state index contributed by atoms with van der Waals surface area (Å²) in [5.74, 6) is -1.34. The molecule has 0 aliphatic carbocycles. The molecule has 2 N–H and O–H groups in total. The van der Waals surface area contributed by atoms with Crippen LogP contribution in [0.15, 0.2) is 17.0 Å². The van der Waals surface area contributed by atoms with Crippen molar-refractivity contribution < 1.29 is 22.3 Å². The Labute approximate surface area is 123 Å². The highest BCUT2D eigenvalue weighted by Crippen LogP contribution is 2.24. The van der Waals surface area contributed by atoms with Gasteiger partial charge in [0.25, 0.3) is 0 Å². The number of nitrogens with zero attached hydrogens (tertiary/aromatic N) is 1. The van der Waals surface area contributed by atoms with Gasteiger partial charge in [-0.2, -0.15) is 4.31 Å². The molecule has 1 aromatic rings. The number of carbonyl (C=O) groups is 1. The SMILES string of the molecule is COC(=O)CN(C(C)C)S(=O)(=O)c1cc(C)c(F)c(N)c1. The number of aryl methyl sites for hydroxylation is 1. The number of carbonyl (C=O) groups excluding carboxylic acids is 1. The summed E-state index contributed by atoms with van der Waals surface area (Å²) in [7, 11) is -2.81. The standard InChI is InChI=1S/C13H19FN2O4S/c1-8(2)16(7-12(17)20-4)21(18,19)10-5-9(3)13(14)11(15)6-10/h5-6,8H,7,15H2,1-4H3. The molecule has 1 aromatic carbocycles. The minimum Gasteiger partial charge on any atom is -0.468 e. The van der Waals surface area contributed by atoms with Gasteiger partial charge in [-0.15, -0.1) is 0 Å². The fourth-order valence-electron chi connectivity index (χ4n) is 1.78. The van der Waals surface area contributed by atoms with Gasteiger partial charge in [0.15, 0.2) is 0 Å². The second kappa shape index (κ2) is 6.40. The molecule has 0 unspecified atom stereocenters. The Morgan fingerprint density at radius 3 is 2.43 bits per heavy atom. The van der Waals surface area contributed by atoms with Crippen LogP contribution in [0.1, 0.15) is 19.4 Å². The molecule has 21 heavy (non-hydrogen) atoms. The maximum Gasteiger partial charge on any atom is 0.321 e. The number of ether oxygens (including phenoxy) is 1. The number of nitrogen functional groups attached to an aromatic ring is 1. The first-order chi connectivity index (χ1) is 9.61.